The highest BCUT2D eigenvalue weighted by Crippen LogP contribution is 2.18. The smallest absolute Gasteiger partial charge is 0.253 e. The van der Waals surface area contributed by atoms with E-state index in [4.69, 9.17) is 0 Å². The molecule has 3 heteroatoms. The van der Waals surface area contributed by atoms with Gasteiger partial charge in [0.1, 0.15) is 0 Å². The Labute approximate surface area is 125 Å². The summed E-state index contributed by atoms with van der Waals surface area (Å²) >= 11 is 0. The average molecular weight is 280 g/mol. The molecule has 21 heavy (non-hydrogen) atoms. The van der Waals surface area contributed by atoms with Gasteiger partial charge in [-0.15, -0.1) is 0 Å². The number of rotatable bonds is 3. The highest BCUT2D eigenvalue weighted by molar-refractivity contribution is 5.94. The number of carbonyl (C=O) groups is 1. The lowest BCUT2D eigenvalue weighted by molar-refractivity contribution is 0.0791. The molecule has 2 aromatic rings. The van der Waals surface area contributed by atoms with Crippen molar-refractivity contribution in [1.29, 1.82) is 0 Å². The second-order valence-corrected chi connectivity index (χ2v) is 5.61. The van der Waals surface area contributed by atoms with Crippen LogP contribution >= 0.6 is 0 Å². The third-order valence-corrected chi connectivity index (χ3v) is 3.92. The van der Waals surface area contributed by atoms with Crippen molar-refractivity contribution in [2.75, 3.05) is 18.4 Å². The standard InChI is InChI=1S/C18H20N2O/c1-14-7-9-16(10-8-14)19-17-11-12-20(13-17)18(21)15-5-3-2-4-6-15/h2-10,17,19H,11-13H2,1H3. The van der Waals surface area contributed by atoms with E-state index < -0.39 is 0 Å². The maximum Gasteiger partial charge on any atom is 0.253 e. The first-order chi connectivity index (χ1) is 10.2. The van der Waals surface area contributed by atoms with Crippen LogP contribution in [-0.2, 0) is 0 Å². The van der Waals surface area contributed by atoms with Crippen molar-refractivity contribution in [3.8, 4) is 0 Å². The predicted molar refractivity (Wildman–Crippen MR) is 85.6 cm³/mol. The van der Waals surface area contributed by atoms with Crippen LogP contribution in [0.25, 0.3) is 0 Å². The molecular weight excluding hydrogens is 260 g/mol. The van der Waals surface area contributed by atoms with Gasteiger partial charge in [0, 0.05) is 30.4 Å². The molecule has 1 heterocycles. The van der Waals surface area contributed by atoms with Crippen LogP contribution in [0.3, 0.4) is 0 Å². The quantitative estimate of drug-likeness (QED) is 0.935. The molecule has 1 unspecified atom stereocenters. The maximum absolute atomic E-state index is 12.4. The lowest BCUT2D eigenvalue weighted by atomic mass is 10.2. The molecule has 0 saturated carbocycles. The summed E-state index contributed by atoms with van der Waals surface area (Å²) in [6, 6.07) is 18.2. The Morgan fingerprint density at radius 3 is 2.52 bits per heavy atom. The van der Waals surface area contributed by atoms with Crippen LogP contribution in [-0.4, -0.2) is 29.9 Å². The third kappa shape index (κ3) is 3.24. The largest absolute Gasteiger partial charge is 0.380 e. The molecule has 1 aliphatic rings. The van der Waals surface area contributed by atoms with Crippen LogP contribution in [0.2, 0.25) is 0 Å². The Bertz CT molecular complexity index is 607. The van der Waals surface area contributed by atoms with E-state index in [1.54, 1.807) is 0 Å². The molecule has 0 aromatic heterocycles. The van der Waals surface area contributed by atoms with E-state index in [1.807, 2.05) is 35.2 Å². The van der Waals surface area contributed by atoms with Crippen molar-refractivity contribution in [3.63, 3.8) is 0 Å². The second-order valence-electron chi connectivity index (χ2n) is 5.61. The molecule has 1 amide bonds. The number of nitrogens with one attached hydrogen (secondary N) is 1. The summed E-state index contributed by atoms with van der Waals surface area (Å²) in [6.45, 7) is 3.67. The lowest BCUT2D eigenvalue weighted by Crippen LogP contribution is -2.31. The van der Waals surface area contributed by atoms with E-state index in [0.717, 1.165) is 30.8 Å². The first-order valence-corrected chi connectivity index (χ1v) is 7.40. The van der Waals surface area contributed by atoms with Crippen LogP contribution in [0, 0.1) is 6.92 Å². The summed E-state index contributed by atoms with van der Waals surface area (Å²) in [5.41, 5.74) is 3.15. The zero-order valence-electron chi connectivity index (χ0n) is 12.3. The number of carbonyl (C=O) groups excluding carboxylic acids is 1. The molecule has 1 N–H and O–H groups in total. The topological polar surface area (TPSA) is 32.3 Å². The van der Waals surface area contributed by atoms with Gasteiger partial charge in [-0.25, -0.2) is 0 Å². The normalized spacial score (nSPS) is 17.8. The van der Waals surface area contributed by atoms with E-state index in [-0.39, 0.29) is 5.91 Å². The predicted octanol–water partition coefficient (Wildman–Crippen LogP) is 3.32. The van der Waals surface area contributed by atoms with Crippen LogP contribution in [0.15, 0.2) is 54.6 Å². The highest BCUT2D eigenvalue weighted by Gasteiger charge is 2.26. The fourth-order valence-electron chi connectivity index (χ4n) is 2.71. The average Bonchev–Trinajstić information content (AvgIpc) is 2.98. The maximum atomic E-state index is 12.4. The van der Waals surface area contributed by atoms with Crippen molar-refractivity contribution < 1.29 is 4.79 Å². The molecule has 0 spiro atoms. The SMILES string of the molecule is Cc1ccc(NC2CCN(C(=O)c3ccccc3)C2)cc1. The monoisotopic (exact) mass is 280 g/mol. The number of anilines is 1. The van der Waals surface area contributed by atoms with Gasteiger partial charge in [0.05, 0.1) is 0 Å². The molecule has 3 rings (SSSR count). The number of nitrogens with zero attached hydrogens (tertiary/aromatic N) is 1. The van der Waals surface area contributed by atoms with Crippen LogP contribution < -0.4 is 5.32 Å². The van der Waals surface area contributed by atoms with Crippen molar-refractivity contribution >= 4 is 11.6 Å². The number of aryl methyl sites for hydroxylation is 1. The van der Waals surface area contributed by atoms with Gasteiger partial charge in [0.25, 0.3) is 5.91 Å². The van der Waals surface area contributed by atoms with Gasteiger partial charge in [-0.05, 0) is 37.6 Å². The van der Waals surface area contributed by atoms with Crippen LogP contribution in [0.1, 0.15) is 22.3 Å². The minimum Gasteiger partial charge on any atom is -0.380 e. The molecule has 1 saturated heterocycles. The summed E-state index contributed by atoms with van der Waals surface area (Å²) in [7, 11) is 0. The van der Waals surface area contributed by atoms with E-state index >= 15 is 0 Å². The number of hydrogen-bond donors (Lipinski definition) is 1. The van der Waals surface area contributed by atoms with Gasteiger partial charge in [0.2, 0.25) is 0 Å². The van der Waals surface area contributed by atoms with Crippen molar-refractivity contribution in [2.45, 2.75) is 19.4 Å². The van der Waals surface area contributed by atoms with Gasteiger partial charge in [0.15, 0.2) is 0 Å². The first kappa shape index (κ1) is 13.7. The Hall–Kier alpha value is -2.29. The summed E-state index contributed by atoms with van der Waals surface area (Å²) < 4.78 is 0. The van der Waals surface area contributed by atoms with Crippen molar-refractivity contribution in [3.05, 3.63) is 65.7 Å². The molecule has 0 radical (unpaired) electrons. The zero-order chi connectivity index (χ0) is 14.7. The Balaban J connectivity index is 1.60. The molecular formula is C18H20N2O. The van der Waals surface area contributed by atoms with E-state index in [1.165, 1.54) is 5.56 Å². The number of benzene rings is 2. The summed E-state index contributed by atoms with van der Waals surface area (Å²) in [4.78, 5) is 14.3. The molecule has 3 nitrogen and oxygen atoms in total. The third-order valence-electron chi connectivity index (χ3n) is 3.92. The van der Waals surface area contributed by atoms with Crippen molar-refractivity contribution in [2.24, 2.45) is 0 Å². The van der Waals surface area contributed by atoms with Crippen molar-refractivity contribution in [1.82, 2.24) is 4.90 Å². The second kappa shape index (κ2) is 6.00. The Kier molecular flexibility index (Phi) is 3.91. The Morgan fingerprint density at radius 1 is 1.10 bits per heavy atom. The fourth-order valence-corrected chi connectivity index (χ4v) is 2.71. The van der Waals surface area contributed by atoms with E-state index in [0.29, 0.717) is 6.04 Å². The van der Waals surface area contributed by atoms with Gasteiger partial charge in [-0.1, -0.05) is 35.9 Å². The first-order valence-electron chi connectivity index (χ1n) is 7.40. The van der Waals surface area contributed by atoms with Gasteiger partial charge in [-0.2, -0.15) is 0 Å². The van der Waals surface area contributed by atoms with Crippen LogP contribution in [0.5, 0.6) is 0 Å². The molecule has 1 atom stereocenters. The summed E-state index contributed by atoms with van der Waals surface area (Å²) in [6.07, 6.45) is 0.993. The number of likely N-dealkylation sites (tertiary alicyclic amines) is 1. The van der Waals surface area contributed by atoms with Gasteiger partial charge < -0.3 is 10.2 Å². The lowest BCUT2D eigenvalue weighted by Gasteiger charge is -2.18. The summed E-state index contributed by atoms with van der Waals surface area (Å²) in [5, 5.41) is 3.51. The van der Waals surface area contributed by atoms with Gasteiger partial charge in [-0.3, -0.25) is 4.79 Å². The number of hydrogen-bond acceptors (Lipinski definition) is 2. The summed E-state index contributed by atoms with van der Waals surface area (Å²) in [5.74, 6) is 0.129. The van der Waals surface area contributed by atoms with Crippen LogP contribution in [0.4, 0.5) is 5.69 Å². The zero-order valence-corrected chi connectivity index (χ0v) is 12.3. The molecule has 2 aromatic carbocycles. The molecule has 108 valence electrons. The highest BCUT2D eigenvalue weighted by atomic mass is 16.2. The minimum atomic E-state index is 0.129. The molecule has 0 bridgehead atoms. The van der Waals surface area contributed by atoms with E-state index in [2.05, 4.69) is 36.5 Å². The molecule has 0 aliphatic carbocycles. The number of amides is 1. The molecule has 1 aliphatic heterocycles. The minimum absolute atomic E-state index is 0.129. The van der Waals surface area contributed by atoms with Gasteiger partial charge >= 0.3 is 0 Å². The Morgan fingerprint density at radius 2 is 1.81 bits per heavy atom. The molecule has 1 fully saturated rings. The van der Waals surface area contributed by atoms with E-state index in [9.17, 15) is 4.79 Å². The fraction of sp³-hybridized carbons (Fsp3) is 0.278.